The molecule has 1 atom stereocenters. The number of alkyl carbamates (subject to hydrolysis) is 1. The zero-order valence-corrected chi connectivity index (χ0v) is 18.9. The molecule has 0 bridgehead atoms. The summed E-state index contributed by atoms with van der Waals surface area (Å²) < 4.78 is 5.04. The Bertz CT molecular complexity index is 834. The van der Waals surface area contributed by atoms with Crippen LogP contribution in [0.2, 0.25) is 0 Å². The van der Waals surface area contributed by atoms with Gasteiger partial charge in [0.25, 0.3) is 0 Å². The second-order valence-corrected chi connectivity index (χ2v) is 8.82. The molecule has 172 valence electrons. The van der Waals surface area contributed by atoms with Crippen molar-refractivity contribution in [3.8, 4) is 6.07 Å². The Kier molecular flexibility index (Phi) is 8.66. The third-order valence-electron chi connectivity index (χ3n) is 6.28. The first-order chi connectivity index (χ1) is 15.5. The zero-order valence-electron chi connectivity index (χ0n) is 18.9. The smallest absolute Gasteiger partial charge is 0.412 e. The maximum absolute atomic E-state index is 13.2. The van der Waals surface area contributed by atoms with E-state index in [0.29, 0.717) is 36.6 Å². The van der Waals surface area contributed by atoms with Gasteiger partial charge in [-0.2, -0.15) is 5.26 Å². The van der Waals surface area contributed by atoms with Crippen molar-refractivity contribution in [3.05, 3.63) is 35.9 Å². The van der Waals surface area contributed by atoms with E-state index in [1.807, 2.05) is 30.3 Å². The SMILES string of the molecule is CCOC(=O)NC(=N[C@@H](CCC1CCCCCC1)C(=O)NC1(C#N)CC1)c1ccccc1. The minimum Gasteiger partial charge on any atom is -0.450 e. The second-order valence-electron chi connectivity index (χ2n) is 8.82. The van der Waals surface area contributed by atoms with Crippen LogP contribution < -0.4 is 10.6 Å². The number of carbonyl (C=O) groups is 2. The Balaban J connectivity index is 1.81. The number of aliphatic imine (C=N–C) groups is 1. The van der Waals surface area contributed by atoms with Crippen molar-refractivity contribution in [2.75, 3.05) is 6.61 Å². The third-order valence-corrected chi connectivity index (χ3v) is 6.28. The highest BCUT2D eigenvalue weighted by molar-refractivity contribution is 6.07. The van der Waals surface area contributed by atoms with E-state index in [-0.39, 0.29) is 12.5 Å². The van der Waals surface area contributed by atoms with E-state index in [4.69, 9.17) is 9.73 Å². The van der Waals surface area contributed by atoms with E-state index in [9.17, 15) is 14.9 Å². The van der Waals surface area contributed by atoms with Gasteiger partial charge in [-0.05, 0) is 38.5 Å². The Morgan fingerprint density at radius 1 is 1.19 bits per heavy atom. The van der Waals surface area contributed by atoms with Gasteiger partial charge in [0.2, 0.25) is 5.91 Å². The quantitative estimate of drug-likeness (QED) is 0.355. The van der Waals surface area contributed by atoms with E-state index < -0.39 is 17.7 Å². The number of carbonyl (C=O) groups excluding carboxylic acids is 2. The molecule has 0 saturated heterocycles. The van der Waals surface area contributed by atoms with Crippen molar-refractivity contribution in [1.29, 1.82) is 5.26 Å². The molecule has 2 aliphatic carbocycles. The number of benzene rings is 1. The molecule has 2 saturated carbocycles. The van der Waals surface area contributed by atoms with Gasteiger partial charge in [0.1, 0.15) is 17.4 Å². The molecule has 1 aromatic rings. The van der Waals surface area contributed by atoms with Gasteiger partial charge in [0, 0.05) is 5.56 Å². The highest BCUT2D eigenvalue weighted by Gasteiger charge is 2.45. The lowest BCUT2D eigenvalue weighted by Crippen LogP contribution is -2.43. The molecular formula is C25H34N4O3. The molecule has 2 amide bonds. The summed E-state index contributed by atoms with van der Waals surface area (Å²) in [4.78, 5) is 30.0. The first-order valence-corrected chi connectivity index (χ1v) is 11.9. The summed E-state index contributed by atoms with van der Waals surface area (Å²) in [7, 11) is 0. The molecule has 1 aromatic carbocycles. The van der Waals surface area contributed by atoms with Crippen LogP contribution in [0.1, 0.15) is 76.7 Å². The molecule has 0 spiro atoms. The first-order valence-electron chi connectivity index (χ1n) is 11.9. The van der Waals surface area contributed by atoms with Gasteiger partial charge >= 0.3 is 6.09 Å². The molecule has 0 radical (unpaired) electrons. The molecule has 3 rings (SSSR count). The van der Waals surface area contributed by atoms with E-state index in [0.717, 1.165) is 6.42 Å². The number of ether oxygens (including phenoxy) is 1. The van der Waals surface area contributed by atoms with Crippen LogP contribution in [-0.2, 0) is 9.53 Å². The fourth-order valence-electron chi connectivity index (χ4n) is 4.20. The Hall–Kier alpha value is -2.88. The Labute approximate surface area is 190 Å². The summed E-state index contributed by atoms with van der Waals surface area (Å²) in [5.41, 5.74) is -0.0523. The van der Waals surface area contributed by atoms with Crippen LogP contribution in [0.25, 0.3) is 0 Å². The first kappa shape index (κ1) is 23.8. The largest absolute Gasteiger partial charge is 0.450 e. The van der Waals surface area contributed by atoms with E-state index in [1.165, 1.54) is 38.5 Å². The third kappa shape index (κ3) is 7.08. The highest BCUT2D eigenvalue weighted by Crippen LogP contribution is 2.35. The van der Waals surface area contributed by atoms with E-state index in [2.05, 4.69) is 16.7 Å². The number of nitrogens with one attached hydrogen (secondary N) is 2. The van der Waals surface area contributed by atoms with Crippen LogP contribution >= 0.6 is 0 Å². The average Bonchev–Trinajstić information content (AvgIpc) is 3.61. The summed E-state index contributed by atoms with van der Waals surface area (Å²) in [5, 5.41) is 15.0. The Morgan fingerprint density at radius 3 is 2.47 bits per heavy atom. The number of hydrogen-bond donors (Lipinski definition) is 2. The number of amides is 2. The van der Waals surface area contributed by atoms with Crippen LogP contribution in [0.3, 0.4) is 0 Å². The van der Waals surface area contributed by atoms with E-state index >= 15 is 0 Å². The predicted octanol–water partition coefficient (Wildman–Crippen LogP) is 4.47. The molecule has 32 heavy (non-hydrogen) atoms. The van der Waals surface area contributed by atoms with Gasteiger partial charge in [-0.25, -0.2) is 4.79 Å². The maximum atomic E-state index is 13.2. The van der Waals surface area contributed by atoms with Crippen LogP contribution in [0.15, 0.2) is 35.3 Å². The number of hydrogen-bond acceptors (Lipinski definition) is 5. The van der Waals surface area contributed by atoms with Crippen molar-refractivity contribution in [2.24, 2.45) is 10.9 Å². The Morgan fingerprint density at radius 2 is 1.88 bits per heavy atom. The van der Waals surface area contributed by atoms with E-state index in [1.54, 1.807) is 6.92 Å². The number of nitriles is 1. The summed E-state index contributed by atoms with van der Waals surface area (Å²) in [6.45, 7) is 1.98. The van der Waals surface area contributed by atoms with Crippen LogP contribution in [0.4, 0.5) is 4.79 Å². The van der Waals surface area contributed by atoms with Gasteiger partial charge in [0.15, 0.2) is 0 Å². The van der Waals surface area contributed by atoms with Crippen molar-refractivity contribution in [1.82, 2.24) is 10.6 Å². The van der Waals surface area contributed by atoms with Gasteiger partial charge in [0.05, 0.1) is 12.7 Å². The molecule has 7 nitrogen and oxygen atoms in total. The van der Waals surface area contributed by atoms with Gasteiger partial charge in [-0.15, -0.1) is 0 Å². The molecule has 2 N–H and O–H groups in total. The molecule has 0 aromatic heterocycles. The minimum atomic E-state index is -0.755. The summed E-state index contributed by atoms with van der Waals surface area (Å²) >= 11 is 0. The molecule has 2 aliphatic rings. The summed E-state index contributed by atoms with van der Waals surface area (Å²) in [6.07, 6.45) is 9.64. The van der Waals surface area contributed by atoms with Gasteiger partial charge in [-0.1, -0.05) is 68.9 Å². The number of rotatable bonds is 8. The van der Waals surface area contributed by atoms with Crippen LogP contribution in [-0.4, -0.2) is 36.0 Å². The summed E-state index contributed by atoms with van der Waals surface area (Å²) in [6, 6.07) is 10.8. The van der Waals surface area contributed by atoms with Crippen molar-refractivity contribution >= 4 is 17.8 Å². The van der Waals surface area contributed by atoms with Crippen molar-refractivity contribution in [2.45, 2.75) is 82.7 Å². The molecule has 0 heterocycles. The molecule has 7 heteroatoms. The lowest BCUT2D eigenvalue weighted by atomic mass is 9.92. The summed E-state index contributed by atoms with van der Waals surface area (Å²) in [5.74, 6) is 0.649. The maximum Gasteiger partial charge on any atom is 0.412 e. The number of amidine groups is 1. The molecular weight excluding hydrogens is 404 g/mol. The lowest BCUT2D eigenvalue weighted by molar-refractivity contribution is -0.123. The minimum absolute atomic E-state index is 0.240. The topological polar surface area (TPSA) is 104 Å². The average molecular weight is 439 g/mol. The van der Waals surface area contributed by atoms with Gasteiger partial charge < -0.3 is 10.1 Å². The lowest BCUT2D eigenvalue weighted by Gasteiger charge is -2.20. The van der Waals surface area contributed by atoms with Crippen molar-refractivity contribution in [3.63, 3.8) is 0 Å². The highest BCUT2D eigenvalue weighted by atomic mass is 16.5. The fraction of sp³-hybridized carbons (Fsp3) is 0.600. The van der Waals surface area contributed by atoms with Crippen LogP contribution in [0, 0.1) is 17.2 Å². The van der Waals surface area contributed by atoms with Crippen LogP contribution in [0.5, 0.6) is 0 Å². The normalized spacial score (nSPS) is 19.2. The standard InChI is InChI=1S/C25H34N4O3/c1-2-32-24(31)28-22(20-12-8-5-9-13-20)27-21(23(30)29-25(18-26)16-17-25)15-14-19-10-6-3-4-7-11-19/h5,8-9,12-13,19,21H,2-4,6-7,10-11,14-17H2,1H3,(H,29,30)(H,27,28,31)/t21-/m0/s1. The fourth-order valence-corrected chi connectivity index (χ4v) is 4.20. The second kappa shape index (κ2) is 11.7. The molecule has 0 unspecified atom stereocenters. The van der Waals surface area contributed by atoms with Gasteiger partial charge in [-0.3, -0.25) is 15.1 Å². The van der Waals surface area contributed by atoms with Crippen molar-refractivity contribution < 1.29 is 14.3 Å². The zero-order chi connectivity index (χ0) is 22.8. The molecule has 0 aliphatic heterocycles. The monoisotopic (exact) mass is 438 g/mol. The number of nitrogens with zero attached hydrogens (tertiary/aromatic N) is 2. The predicted molar refractivity (Wildman–Crippen MR) is 123 cm³/mol. The molecule has 2 fully saturated rings.